The fourth-order valence-electron chi connectivity index (χ4n) is 2.74. The number of amides is 3. The summed E-state index contributed by atoms with van der Waals surface area (Å²) in [5.41, 5.74) is 1.97. The number of hydrogen-bond acceptors (Lipinski definition) is 4. The normalized spacial score (nSPS) is 16.6. The molecule has 0 radical (unpaired) electrons. The minimum Gasteiger partial charge on any atom is -0.326 e. The second-order valence-corrected chi connectivity index (χ2v) is 5.86. The molecule has 7 nitrogen and oxygen atoms in total. The fourth-order valence-corrected chi connectivity index (χ4v) is 2.74. The van der Waals surface area contributed by atoms with E-state index in [1.807, 2.05) is 0 Å². The summed E-state index contributed by atoms with van der Waals surface area (Å²) < 4.78 is 0. The predicted molar refractivity (Wildman–Crippen MR) is 94.1 cm³/mol. The number of anilines is 3. The largest absolute Gasteiger partial charge is 0.326 e. The second-order valence-electron chi connectivity index (χ2n) is 5.86. The van der Waals surface area contributed by atoms with Gasteiger partial charge in [0.05, 0.1) is 17.8 Å². The molecule has 128 valence electrons. The molecule has 1 atom stereocenters. The molecule has 3 amide bonds. The molecule has 2 aromatic rings. The lowest BCUT2D eigenvalue weighted by Crippen LogP contribution is -2.28. The van der Waals surface area contributed by atoms with Crippen LogP contribution in [0.15, 0.2) is 48.8 Å². The van der Waals surface area contributed by atoms with E-state index in [-0.39, 0.29) is 24.1 Å². The van der Waals surface area contributed by atoms with Crippen molar-refractivity contribution in [3.05, 3.63) is 48.8 Å². The van der Waals surface area contributed by atoms with Crippen LogP contribution in [0.1, 0.15) is 13.3 Å². The zero-order valence-corrected chi connectivity index (χ0v) is 13.7. The van der Waals surface area contributed by atoms with Crippen LogP contribution in [-0.2, 0) is 14.4 Å². The van der Waals surface area contributed by atoms with E-state index in [9.17, 15) is 14.4 Å². The van der Waals surface area contributed by atoms with Crippen molar-refractivity contribution in [3.8, 4) is 0 Å². The summed E-state index contributed by atoms with van der Waals surface area (Å²) in [5.74, 6) is -0.864. The third kappa shape index (κ3) is 4.00. The summed E-state index contributed by atoms with van der Waals surface area (Å²) >= 11 is 0. The van der Waals surface area contributed by atoms with Crippen LogP contribution < -0.4 is 15.5 Å². The van der Waals surface area contributed by atoms with Crippen LogP contribution in [0.25, 0.3) is 0 Å². The van der Waals surface area contributed by atoms with E-state index in [1.165, 1.54) is 6.92 Å². The average Bonchev–Trinajstić information content (AvgIpc) is 2.98. The van der Waals surface area contributed by atoms with Crippen molar-refractivity contribution in [1.82, 2.24) is 4.98 Å². The molecule has 1 aliphatic heterocycles. The maximum atomic E-state index is 12.3. The topological polar surface area (TPSA) is 91.4 Å². The highest BCUT2D eigenvalue weighted by molar-refractivity contribution is 6.03. The number of hydrogen-bond donors (Lipinski definition) is 2. The van der Waals surface area contributed by atoms with Gasteiger partial charge in [0, 0.05) is 37.5 Å². The molecule has 2 heterocycles. The van der Waals surface area contributed by atoms with Gasteiger partial charge in [0.25, 0.3) is 0 Å². The molecule has 1 saturated heterocycles. The first-order valence-corrected chi connectivity index (χ1v) is 7.92. The van der Waals surface area contributed by atoms with Crippen molar-refractivity contribution in [1.29, 1.82) is 0 Å². The minimum atomic E-state index is -0.414. The number of rotatable bonds is 4. The monoisotopic (exact) mass is 338 g/mol. The first-order valence-electron chi connectivity index (χ1n) is 7.92. The van der Waals surface area contributed by atoms with Crippen LogP contribution in [0, 0.1) is 5.92 Å². The van der Waals surface area contributed by atoms with Crippen LogP contribution in [0.3, 0.4) is 0 Å². The molecule has 1 aromatic carbocycles. The van der Waals surface area contributed by atoms with Crippen LogP contribution in [0.2, 0.25) is 0 Å². The van der Waals surface area contributed by atoms with Crippen molar-refractivity contribution < 1.29 is 14.4 Å². The number of nitrogens with zero attached hydrogens (tertiary/aromatic N) is 2. The number of pyridine rings is 1. The Morgan fingerprint density at radius 1 is 1.12 bits per heavy atom. The molecular formula is C18H18N4O3. The first-order chi connectivity index (χ1) is 12.0. The Balaban J connectivity index is 1.65. The van der Waals surface area contributed by atoms with Gasteiger partial charge in [0.2, 0.25) is 17.7 Å². The molecule has 7 heteroatoms. The van der Waals surface area contributed by atoms with Gasteiger partial charge in [-0.05, 0) is 36.4 Å². The number of carbonyl (C=O) groups is 3. The average molecular weight is 338 g/mol. The Morgan fingerprint density at radius 3 is 2.52 bits per heavy atom. The summed E-state index contributed by atoms with van der Waals surface area (Å²) in [6.07, 6.45) is 3.36. The molecule has 25 heavy (non-hydrogen) atoms. The zero-order valence-electron chi connectivity index (χ0n) is 13.7. The van der Waals surface area contributed by atoms with Gasteiger partial charge in [0.1, 0.15) is 0 Å². The maximum absolute atomic E-state index is 12.3. The molecule has 3 rings (SSSR count). The van der Waals surface area contributed by atoms with Crippen LogP contribution in [0.4, 0.5) is 17.1 Å². The minimum absolute atomic E-state index is 0.0985. The Kier molecular flexibility index (Phi) is 4.74. The van der Waals surface area contributed by atoms with Gasteiger partial charge in [-0.15, -0.1) is 0 Å². The van der Waals surface area contributed by atoms with Crippen molar-refractivity contribution in [2.45, 2.75) is 13.3 Å². The van der Waals surface area contributed by atoms with E-state index in [1.54, 1.807) is 53.7 Å². The Morgan fingerprint density at radius 2 is 1.88 bits per heavy atom. The molecule has 1 fully saturated rings. The smallest absolute Gasteiger partial charge is 0.229 e. The SMILES string of the molecule is CC(=O)Nc1ccc(N2C[C@H](C(=O)Nc3cccnc3)CC2=O)cc1. The van der Waals surface area contributed by atoms with Gasteiger partial charge >= 0.3 is 0 Å². The lowest BCUT2D eigenvalue weighted by atomic mass is 10.1. The van der Waals surface area contributed by atoms with E-state index in [2.05, 4.69) is 15.6 Å². The number of nitrogens with one attached hydrogen (secondary N) is 2. The highest BCUT2D eigenvalue weighted by atomic mass is 16.2. The first kappa shape index (κ1) is 16.6. The molecule has 0 spiro atoms. The number of benzene rings is 1. The summed E-state index contributed by atoms with van der Waals surface area (Å²) in [4.78, 5) is 41.2. The van der Waals surface area contributed by atoms with Gasteiger partial charge in [-0.25, -0.2) is 0 Å². The summed E-state index contributed by atoms with van der Waals surface area (Å²) in [5, 5.41) is 5.46. The fraction of sp³-hybridized carbons (Fsp3) is 0.222. The molecule has 1 aliphatic rings. The molecule has 1 aromatic heterocycles. The maximum Gasteiger partial charge on any atom is 0.229 e. The standard InChI is InChI=1S/C18H18N4O3/c1-12(23)20-14-4-6-16(7-5-14)22-11-13(9-17(22)24)18(25)21-15-3-2-8-19-10-15/h2-8,10,13H,9,11H2,1H3,(H,20,23)(H,21,25)/t13-/m1/s1. The van der Waals surface area contributed by atoms with Crippen LogP contribution >= 0.6 is 0 Å². The third-order valence-corrected chi connectivity index (χ3v) is 3.92. The summed E-state index contributed by atoms with van der Waals surface area (Å²) in [7, 11) is 0. The van der Waals surface area contributed by atoms with Gasteiger partial charge in [-0.3, -0.25) is 19.4 Å². The predicted octanol–water partition coefficient (Wildman–Crippen LogP) is 2.03. The highest BCUT2D eigenvalue weighted by Crippen LogP contribution is 2.27. The lowest BCUT2D eigenvalue weighted by Gasteiger charge is -2.17. The summed E-state index contributed by atoms with van der Waals surface area (Å²) in [6.45, 7) is 1.76. The van der Waals surface area contributed by atoms with Gasteiger partial charge in [-0.2, -0.15) is 0 Å². The second kappa shape index (κ2) is 7.12. The quantitative estimate of drug-likeness (QED) is 0.892. The molecule has 0 aliphatic carbocycles. The van der Waals surface area contributed by atoms with E-state index in [0.717, 1.165) is 0 Å². The lowest BCUT2D eigenvalue weighted by molar-refractivity contribution is -0.122. The van der Waals surface area contributed by atoms with Gasteiger partial charge in [0.15, 0.2) is 0 Å². The Labute approximate surface area is 145 Å². The molecule has 0 bridgehead atoms. The van der Waals surface area contributed by atoms with Gasteiger partial charge in [-0.1, -0.05) is 0 Å². The molecule has 2 N–H and O–H groups in total. The third-order valence-electron chi connectivity index (χ3n) is 3.92. The van der Waals surface area contributed by atoms with E-state index >= 15 is 0 Å². The Hall–Kier alpha value is -3.22. The number of carbonyl (C=O) groups excluding carboxylic acids is 3. The highest BCUT2D eigenvalue weighted by Gasteiger charge is 2.35. The molecule has 0 unspecified atom stereocenters. The number of aromatic nitrogens is 1. The molecular weight excluding hydrogens is 320 g/mol. The summed E-state index contributed by atoms with van der Waals surface area (Å²) in [6, 6.07) is 10.5. The van der Waals surface area contributed by atoms with Gasteiger partial charge < -0.3 is 15.5 Å². The molecule has 0 saturated carbocycles. The van der Waals surface area contributed by atoms with Crippen molar-refractivity contribution >= 4 is 34.8 Å². The van der Waals surface area contributed by atoms with Crippen molar-refractivity contribution in [2.24, 2.45) is 5.92 Å². The van der Waals surface area contributed by atoms with Crippen molar-refractivity contribution in [2.75, 3.05) is 22.1 Å². The Bertz CT molecular complexity index is 790. The zero-order chi connectivity index (χ0) is 17.8. The van der Waals surface area contributed by atoms with E-state index < -0.39 is 5.92 Å². The van der Waals surface area contributed by atoms with E-state index in [4.69, 9.17) is 0 Å². The van der Waals surface area contributed by atoms with Crippen LogP contribution in [-0.4, -0.2) is 29.3 Å². The van der Waals surface area contributed by atoms with Crippen molar-refractivity contribution in [3.63, 3.8) is 0 Å². The van der Waals surface area contributed by atoms with E-state index in [0.29, 0.717) is 23.6 Å². The van der Waals surface area contributed by atoms with Crippen LogP contribution in [0.5, 0.6) is 0 Å².